The molecule has 4 rings (SSSR count). The molecular weight excluding hydrogens is 556 g/mol. The molecule has 0 radical (unpaired) electrons. The molecule has 0 spiro atoms. The lowest BCUT2D eigenvalue weighted by atomic mass is 10.2. The highest BCUT2D eigenvalue weighted by Gasteiger charge is 2.21. The van der Waals surface area contributed by atoms with Crippen molar-refractivity contribution in [2.75, 3.05) is 34.3 Å². The van der Waals surface area contributed by atoms with Crippen LogP contribution < -0.4 is 10.7 Å². The molecule has 2 amide bonds. The number of hydrogen-bond acceptors (Lipinski definition) is 8. The van der Waals surface area contributed by atoms with E-state index < -0.39 is 17.4 Å². The van der Waals surface area contributed by atoms with Gasteiger partial charge in [0.05, 0.1) is 23.6 Å². The van der Waals surface area contributed by atoms with E-state index in [0.717, 1.165) is 15.5 Å². The summed E-state index contributed by atoms with van der Waals surface area (Å²) in [6, 6.07) is 12.4. The first-order valence-corrected chi connectivity index (χ1v) is 13.7. The lowest BCUT2D eigenvalue weighted by Gasteiger charge is -2.18. The fourth-order valence-corrected chi connectivity index (χ4v) is 5.35. The van der Waals surface area contributed by atoms with Crippen molar-refractivity contribution in [1.82, 2.24) is 19.8 Å². The van der Waals surface area contributed by atoms with Crippen LogP contribution in [-0.4, -0.2) is 65.7 Å². The van der Waals surface area contributed by atoms with Gasteiger partial charge in [-0.25, -0.2) is 5.06 Å². The van der Waals surface area contributed by atoms with Gasteiger partial charge in [0.2, 0.25) is 5.43 Å². The highest BCUT2D eigenvalue weighted by atomic mass is 35.5. The molecular formula is C28H31ClN4O6S. The van der Waals surface area contributed by atoms with E-state index >= 15 is 0 Å². The lowest BCUT2D eigenvalue weighted by molar-refractivity contribution is -0.169. The molecule has 0 bridgehead atoms. The van der Waals surface area contributed by atoms with E-state index in [-0.39, 0.29) is 24.6 Å². The highest BCUT2D eigenvalue weighted by molar-refractivity contribution is 7.19. The number of hydroxylamine groups is 2. The molecule has 1 aromatic carbocycles. The predicted octanol–water partition coefficient (Wildman–Crippen LogP) is 3.47. The largest absolute Gasteiger partial charge is 0.467 e. The van der Waals surface area contributed by atoms with Gasteiger partial charge in [-0.05, 0) is 49.4 Å². The maximum Gasteiger partial charge on any atom is 0.265 e. The van der Waals surface area contributed by atoms with Gasteiger partial charge in [0.1, 0.15) is 24.0 Å². The maximum absolute atomic E-state index is 13.4. The molecule has 0 aliphatic rings. The van der Waals surface area contributed by atoms with E-state index in [4.69, 9.17) is 20.9 Å². The van der Waals surface area contributed by atoms with Crippen molar-refractivity contribution in [1.29, 1.82) is 0 Å². The number of carbonyl (C=O) groups excluding carboxylic acids is 2. The topological polar surface area (TPSA) is 117 Å². The van der Waals surface area contributed by atoms with E-state index in [1.54, 1.807) is 41.0 Å². The number of aromatic nitrogens is 1. The first-order valence-electron chi connectivity index (χ1n) is 12.6. The number of thiophene rings is 1. The number of likely N-dealkylation sites (N-methyl/N-ethyl adjacent to an activating group) is 2. The molecule has 212 valence electrons. The van der Waals surface area contributed by atoms with Gasteiger partial charge in [-0.2, -0.15) is 0 Å². The molecule has 0 aliphatic carbocycles. The van der Waals surface area contributed by atoms with Crippen LogP contribution in [0.4, 0.5) is 0 Å². The fraction of sp³-hybridized carbons (Fsp3) is 0.321. The monoisotopic (exact) mass is 586 g/mol. The van der Waals surface area contributed by atoms with Crippen LogP contribution >= 0.6 is 22.9 Å². The van der Waals surface area contributed by atoms with Crippen molar-refractivity contribution in [3.05, 3.63) is 91.9 Å². The van der Waals surface area contributed by atoms with Crippen LogP contribution in [0, 0.1) is 0 Å². The van der Waals surface area contributed by atoms with E-state index in [0.29, 0.717) is 40.5 Å². The Hall–Kier alpha value is -3.48. The van der Waals surface area contributed by atoms with Crippen LogP contribution in [-0.2, 0) is 29.1 Å². The van der Waals surface area contributed by atoms with Crippen LogP contribution in [0.2, 0.25) is 5.02 Å². The van der Waals surface area contributed by atoms with Crippen molar-refractivity contribution in [2.24, 2.45) is 0 Å². The quantitative estimate of drug-likeness (QED) is 0.244. The Kier molecular flexibility index (Phi) is 9.77. The van der Waals surface area contributed by atoms with Gasteiger partial charge >= 0.3 is 0 Å². The van der Waals surface area contributed by atoms with Crippen molar-refractivity contribution in [2.45, 2.75) is 25.6 Å². The predicted molar refractivity (Wildman–Crippen MR) is 153 cm³/mol. The van der Waals surface area contributed by atoms with Gasteiger partial charge in [-0.15, -0.1) is 11.3 Å². The number of pyridine rings is 1. The minimum absolute atomic E-state index is 0.0542. The van der Waals surface area contributed by atoms with Gasteiger partial charge < -0.3 is 24.3 Å². The Bertz CT molecular complexity index is 1520. The van der Waals surface area contributed by atoms with E-state index in [1.165, 1.54) is 38.0 Å². The number of carbonyl (C=O) groups is 2. The molecule has 0 aliphatic heterocycles. The number of hydrogen-bond donors (Lipinski definition) is 2. The Morgan fingerprint density at radius 2 is 1.98 bits per heavy atom. The summed E-state index contributed by atoms with van der Waals surface area (Å²) in [5.41, 5.74) is 0.942. The molecule has 1 atom stereocenters. The SMILES string of the molecule is CON(C)C(=O)Cn1cc(C(=O)NCc2ccc(Cl)cc2)c(=O)c2sc(CCN(C)CC(O)c3ccco3)cc21. The van der Waals surface area contributed by atoms with Crippen molar-refractivity contribution in [3.63, 3.8) is 0 Å². The van der Waals surface area contributed by atoms with E-state index in [9.17, 15) is 19.5 Å². The standard InChI is InChI=1S/C28H31ClN4O6S/c1-31(16-23(34)24-5-4-12-39-24)11-10-20-13-22-27(40-20)26(36)21(15-33(22)17-25(35)32(2)38-3)28(37)30-14-18-6-8-19(29)9-7-18/h4-9,12-13,15,23,34H,10-11,14,16-17H2,1-3H3,(H,30,37). The number of aliphatic hydroxyl groups is 1. The zero-order valence-electron chi connectivity index (χ0n) is 22.4. The molecule has 0 saturated carbocycles. The zero-order chi connectivity index (χ0) is 28.8. The number of rotatable bonds is 12. The van der Waals surface area contributed by atoms with E-state index in [1.807, 2.05) is 18.0 Å². The Balaban J connectivity index is 1.56. The minimum atomic E-state index is -0.754. The van der Waals surface area contributed by atoms with Gasteiger partial charge in [0.25, 0.3) is 11.8 Å². The normalized spacial score (nSPS) is 12.2. The molecule has 1 unspecified atom stereocenters. The van der Waals surface area contributed by atoms with Gasteiger partial charge in [0.15, 0.2) is 0 Å². The van der Waals surface area contributed by atoms with Gasteiger partial charge in [0, 0.05) is 42.8 Å². The number of aliphatic hydroxyl groups excluding tert-OH is 1. The molecule has 0 saturated heterocycles. The third-order valence-electron chi connectivity index (χ3n) is 6.45. The summed E-state index contributed by atoms with van der Waals surface area (Å²) in [5, 5.41) is 14.8. The summed E-state index contributed by atoms with van der Waals surface area (Å²) in [6.45, 7) is 1.08. The summed E-state index contributed by atoms with van der Waals surface area (Å²) >= 11 is 7.23. The summed E-state index contributed by atoms with van der Waals surface area (Å²) < 4.78 is 7.27. The fourth-order valence-electron chi connectivity index (χ4n) is 4.11. The summed E-state index contributed by atoms with van der Waals surface area (Å²) in [7, 11) is 4.77. The number of amides is 2. The number of nitrogens with one attached hydrogen (secondary N) is 1. The van der Waals surface area contributed by atoms with Gasteiger partial charge in [-0.3, -0.25) is 19.2 Å². The van der Waals surface area contributed by atoms with Crippen molar-refractivity contribution < 1.29 is 24.0 Å². The number of halogens is 1. The number of furan rings is 1. The number of fused-ring (bicyclic) bond motifs is 1. The van der Waals surface area contributed by atoms with Crippen molar-refractivity contribution in [3.8, 4) is 0 Å². The molecule has 3 heterocycles. The molecule has 4 aromatic rings. The number of nitrogens with zero attached hydrogens (tertiary/aromatic N) is 3. The first kappa shape index (κ1) is 29.5. The molecule has 3 aromatic heterocycles. The third kappa shape index (κ3) is 7.18. The first-order chi connectivity index (χ1) is 19.2. The third-order valence-corrected chi connectivity index (χ3v) is 7.88. The highest BCUT2D eigenvalue weighted by Crippen LogP contribution is 2.25. The van der Waals surface area contributed by atoms with Crippen LogP contribution in [0.3, 0.4) is 0 Å². The van der Waals surface area contributed by atoms with Gasteiger partial charge in [-0.1, -0.05) is 23.7 Å². The van der Waals surface area contributed by atoms with Crippen molar-refractivity contribution >= 4 is 45.0 Å². The zero-order valence-corrected chi connectivity index (χ0v) is 24.0. The number of benzene rings is 1. The molecule has 0 fully saturated rings. The average Bonchev–Trinajstić information content (AvgIpc) is 3.63. The molecule has 40 heavy (non-hydrogen) atoms. The summed E-state index contributed by atoms with van der Waals surface area (Å²) in [6.07, 6.45) is 2.79. The van der Waals surface area contributed by atoms with Crippen LogP contribution in [0.15, 0.2) is 64.1 Å². The lowest BCUT2D eigenvalue weighted by Crippen LogP contribution is -2.32. The second kappa shape index (κ2) is 13.2. The van der Waals surface area contributed by atoms with Crippen LogP contribution in [0.25, 0.3) is 10.2 Å². The molecule has 10 nitrogen and oxygen atoms in total. The Labute approximate surface area is 240 Å². The van der Waals surface area contributed by atoms with E-state index in [2.05, 4.69) is 5.32 Å². The molecule has 12 heteroatoms. The Morgan fingerprint density at radius 3 is 2.65 bits per heavy atom. The van der Waals surface area contributed by atoms with Crippen LogP contribution in [0.1, 0.15) is 32.7 Å². The van der Waals surface area contributed by atoms with Crippen LogP contribution in [0.5, 0.6) is 0 Å². The maximum atomic E-state index is 13.4. The molecule has 2 N–H and O–H groups in total. The second-order valence-electron chi connectivity index (χ2n) is 9.35. The summed E-state index contributed by atoms with van der Waals surface area (Å²) in [4.78, 5) is 47.1. The Morgan fingerprint density at radius 1 is 1.23 bits per heavy atom. The smallest absolute Gasteiger partial charge is 0.265 e. The minimum Gasteiger partial charge on any atom is -0.467 e. The average molecular weight is 587 g/mol. The summed E-state index contributed by atoms with van der Waals surface area (Å²) in [5.74, 6) is -0.387. The second-order valence-corrected chi connectivity index (χ2v) is 10.9.